The van der Waals surface area contributed by atoms with Crippen LogP contribution in [0.3, 0.4) is 0 Å². The maximum absolute atomic E-state index is 14.0. The number of H-pyrrole nitrogens is 1. The number of aromatic amines is 1. The molecule has 1 fully saturated rings. The third-order valence-electron chi connectivity index (χ3n) is 4.37. The number of likely N-dealkylation sites (tertiary alicyclic amines) is 1. The molecule has 1 aromatic heterocycles. The lowest BCUT2D eigenvalue weighted by molar-refractivity contribution is 0.0735. The predicted octanol–water partition coefficient (Wildman–Crippen LogP) is 3.32. The van der Waals surface area contributed by atoms with E-state index in [2.05, 4.69) is 4.98 Å². The zero-order valence-corrected chi connectivity index (χ0v) is 14.1. The van der Waals surface area contributed by atoms with Gasteiger partial charge in [-0.25, -0.2) is 4.39 Å². The van der Waals surface area contributed by atoms with Crippen LogP contribution in [-0.4, -0.2) is 28.4 Å². The summed E-state index contributed by atoms with van der Waals surface area (Å²) in [4.78, 5) is 28.7. The van der Waals surface area contributed by atoms with Crippen LogP contribution in [0.25, 0.3) is 0 Å². The van der Waals surface area contributed by atoms with Gasteiger partial charge in [-0.1, -0.05) is 17.7 Å². The zero-order chi connectivity index (χ0) is 17.3. The average molecular weight is 349 g/mol. The number of halogens is 2. The molecule has 2 heterocycles. The van der Waals surface area contributed by atoms with Crippen molar-refractivity contribution in [3.8, 4) is 0 Å². The Morgan fingerprint density at radius 1 is 1.42 bits per heavy atom. The van der Waals surface area contributed by atoms with Crippen LogP contribution in [0.4, 0.5) is 4.39 Å². The van der Waals surface area contributed by atoms with Gasteiger partial charge in [0.05, 0.1) is 0 Å². The molecule has 2 aromatic rings. The molecule has 1 aromatic carbocycles. The van der Waals surface area contributed by atoms with Crippen LogP contribution >= 0.6 is 11.6 Å². The van der Waals surface area contributed by atoms with Gasteiger partial charge in [-0.05, 0) is 44.4 Å². The molecule has 0 spiro atoms. The second-order valence-electron chi connectivity index (χ2n) is 6.12. The van der Waals surface area contributed by atoms with Gasteiger partial charge in [0.2, 0.25) is 5.56 Å². The average Bonchev–Trinajstić information content (AvgIpc) is 2.97. The Hall–Kier alpha value is -2.14. The van der Waals surface area contributed by atoms with Crippen molar-refractivity contribution in [2.45, 2.75) is 32.2 Å². The van der Waals surface area contributed by atoms with Crippen LogP contribution in [0.1, 0.15) is 34.5 Å². The van der Waals surface area contributed by atoms with Crippen molar-refractivity contribution < 1.29 is 9.18 Å². The normalized spacial score (nSPS) is 17.3. The van der Waals surface area contributed by atoms with Crippen molar-refractivity contribution in [1.82, 2.24) is 9.88 Å². The first-order valence-corrected chi connectivity index (χ1v) is 8.28. The summed E-state index contributed by atoms with van der Waals surface area (Å²) in [5.74, 6) is -0.548. The van der Waals surface area contributed by atoms with Gasteiger partial charge in [-0.3, -0.25) is 9.59 Å². The van der Waals surface area contributed by atoms with E-state index in [1.807, 2.05) is 0 Å². The second kappa shape index (κ2) is 6.77. The number of hydrogen-bond acceptors (Lipinski definition) is 2. The van der Waals surface area contributed by atoms with Crippen LogP contribution in [-0.2, 0) is 6.42 Å². The summed E-state index contributed by atoms with van der Waals surface area (Å²) in [5, 5.41) is 0.376. The van der Waals surface area contributed by atoms with Gasteiger partial charge in [-0.15, -0.1) is 0 Å². The number of aromatic nitrogens is 1. The van der Waals surface area contributed by atoms with Gasteiger partial charge < -0.3 is 9.88 Å². The minimum atomic E-state index is -0.353. The topological polar surface area (TPSA) is 53.2 Å². The molecule has 3 rings (SSSR count). The van der Waals surface area contributed by atoms with Crippen molar-refractivity contribution in [2.75, 3.05) is 6.54 Å². The summed E-state index contributed by atoms with van der Waals surface area (Å²) in [5.41, 5.74) is 1.14. The standard InChI is InChI=1S/C18H18ClFN2O2/c1-11-8-12(9-17(23)21-11)18(24)22-7-3-4-13(22)10-14-15(19)5-2-6-16(14)20/h2,5-6,8-9,13H,3-4,7,10H2,1H3,(H,21,23)/t13-/m1/s1. The predicted molar refractivity (Wildman–Crippen MR) is 91.0 cm³/mol. The molecule has 24 heavy (non-hydrogen) atoms. The van der Waals surface area contributed by atoms with Gasteiger partial charge in [0.15, 0.2) is 0 Å². The van der Waals surface area contributed by atoms with E-state index in [-0.39, 0.29) is 23.3 Å². The lowest BCUT2D eigenvalue weighted by Gasteiger charge is -2.25. The van der Waals surface area contributed by atoms with Crippen molar-refractivity contribution in [2.24, 2.45) is 0 Å². The third-order valence-corrected chi connectivity index (χ3v) is 4.72. The van der Waals surface area contributed by atoms with E-state index >= 15 is 0 Å². The fourth-order valence-corrected chi connectivity index (χ4v) is 3.49. The highest BCUT2D eigenvalue weighted by Gasteiger charge is 2.30. The lowest BCUT2D eigenvalue weighted by Crippen LogP contribution is -2.37. The van der Waals surface area contributed by atoms with Gasteiger partial charge in [0.1, 0.15) is 5.82 Å². The molecule has 0 saturated carbocycles. The van der Waals surface area contributed by atoms with Gasteiger partial charge in [0, 0.05) is 40.5 Å². The summed E-state index contributed by atoms with van der Waals surface area (Å²) in [6, 6.07) is 7.45. The molecule has 1 saturated heterocycles. The Labute approximate surface area is 144 Å². The summed E-state index contributed by atoms with van der Waals surface area (Å²) in [7, 11) is 0. The fourth-order valence-electron chi connectivity index (χ4n) is 3.25. The number of nitrogens with zero attached hydrogens (tertiary/aromatic N) is 1. The van der Waals surface area contributed by atoms with Gasteiger partial charge >= 0.3 is 0 Å². The van der Waals surface area contributed by atoms with E-state index in [1.165, 1.54) is 12.1 Å². The highest BCUT2D eigenvalue weighted by atomic mass is 35.5. The molecule has 126 valence electrons. The summed E-state index contributed by atoms with van der Waals surface area (Å²) >= 11 is 6.10. The first-order valence-electron chi connectivity index (χ1n) is 7.90. The first kappa shape index (κ1) is 16.7. The van der Waals surface area contributed by atoms with Crippen LogP contribution in [0.15, 0.2) is 35.1 Å². The first-order chi connectivity index (χ1) is 11.5. The highest BCUT2D eigenvalue weighted by molar-refractivity contribution is 6.31. The molecular weight excluding hydrogens is 331 g/mol. The van der Waals surface area contributed by atoms with E-state index < -0.39 is 0 Å². The number of hydrogen-bond donors (Lipinski definition) is 1. The molecule has 4 nitrogen and oxygen atoms in total. The monoisotopic (exact) mass is 348 g/mol. The van der Waals surface area contributed by atoms with Crippen molar-refractivity contribution in [3.63, 3.8) is 0 Å². The third kappa shape index (κ3) is 3.36. The number of amides is 1. The quantitative estimate of drug-likeness (QED) is 0.925. The minimum absolute atomic E-state index is 0.119. The molecule has 1 aliphatic heterocycles. The van der Waals surface area contributed by atoms with E-state index in [9.17, 15) is 14.0 Å². The maximum atomic E-state index is 14.0. The van der Waals surface area contributed by atoms with Crippen LogP contribution in [0.2, 0.25) is 5.02 Å². The lowest BCUT2D eigenvalue weighted by atomic mass is 10.0. The number of pyridine rings is 1. The Morgan fingerprint density at radius 2 is 2.21 bits per heavy atom. The van der Waals surface area contributed by atoms with Crippen LogP contribution in [0.5, 0.6) is 0 Å². The molecule has 6 heteroatoms. The van der Waals surface area contributed by atoms with Gasteiger partial charge in [-0.2, -0.15) is 0 Å². The minimum Gasteiger partial charge on any atom is -0.335 e. The Morgan fingerprint density at radius 3 is 2.92 bits per heavy atom. The molecule has 1 N–H and O–H groups in total. The molecule has 0 bridgehead atoms. The summed E-state index contributed by atoms with van der Waals surface area (Å²) in [6.07, 6.45) is 2.02. The Bertz CT molecular complexity index is 814. The molecule has 0 unspecified atom stereocenters. The smallest absolute Gasteiger partial charge is 0.254 e. The van der Waals surface area contributed by atoms with E-state index in [1.54, 1.807) is 30.0 Å². The van der Waals surface area contributed by atoms with Crippen LogP contribution in [0, 0.1) is 12.7 Å². The maximum Gasteiger partial charge on any atom is 0.254 e. The summed E-state index contributed by atoms with van der Waals surface area (Å²) in [6.45, 7) is 2.33. The SMILES string of the molecule is Cc1cc(C(=O)N2CCC[C@@H]2Cc2c(F)cccc2Cl)cc(=O)[nH]1. The molecule has 1 atom stereocenters. The number of benzene rings is 1. The van der Waals surface area contributed by atoms with E-state index in [4.69, 9.17) is 11.6 Å². The van der Waals surface area contributed by atoms with E-state index in [0.717, 1.165) is 12.8 Å². The number of carbonyl (C=O) groups excluding carboxylic acids is 1. The Balaban J connectivity index is 1.85. The van der Waals surface area contributed by atoms with Crippen LogP contribution < -0.4 is 5.56 Å². The molecule has 0 radical (unpaired) electrons. The Kier molecular flexibility index (Phi) is 4.71. The number of carbonyl (C=O) groups is 1. The molecule has 1 aliphatic rings. The van der Waals surface area contributed by atoms with Gasteiger partial charge in [0.25, 0.3) is 5.91 Å². The molecule has 1 amide bonds. The summed E-state index contributed by atoms with van der Waals surface area (Å²) < 4.78 is 14.0. The largest absolute Gasteiger partial charge is 0.335 e. The highest BCUT2D eigenvalue weighted by Crippen LogP contribution is 2.27. The molecule has 0 aliphatic carbocycles. The van der Waals surface area contributed by atoms with Crippen molar-refractivity contribution in [3.05, 3.63) is 68.3 Å². The second-order valence-corrected chi connectivity index (χ2v) is 6.52. The van der Waals surface area contributed by atoms with E-state index in [0.29, 0.717) is 34.8 Å². The number of nitrogens with one attached hydrogen (secondary N) is 1. The molecular formula is C18H18ClFN2O2. The zero-order valence-electron chi connectivity index (χ0n) is 13.3. The number of rotatable bonds is 3. The van der Waals surface area contributed by atoms with Crippen molar-refractivity contribution in [1.29, 1.82) is 0 Å². The fraction of sp³-hybridized carbons (Fsp3) is 0.333. The van der Waals surface area contributed by atoms with Crippen molar-refractivity contribution >= 4 is 17.5 Å². The number of aryl methyl sites for hydroxylation is 1.